The first-order valence-corrected chi connectivity index (χ1v) is 0.471. The minimum Gasteiger partial charge on any atom is -0.554 e. The average molecular weight is 104 g/mol. The van der Waals surface area contributed by atoms with Crippen LogP contribution in [0.1, 0.15) is 0 Å². The minimum atomic E-state index is -0.500. The van der Waals surface area contributed by atoms with Gasteiger partial charge in [0.2, 0.25) is 0 Å². The van der Waals surface area contributed by atoms with Crippen molar-refractivity contribution in [1.29, 1.82) is 0 Å². The standard InChI is InChI=1S/CH2O2.Na.2H2O/c2-1-3;;;/h1H,(H,2,3);;2*1H2/q;+1;;/p-1. The predicted octanol–water partition coefficient (Wildman–Crippen LogP) is -6.28. The van der Waals surface area contributed by atoms with E-state index in [9.17, 15) is 0 Å². The van der Waals surface area contributed by atoms with Crippen LogP contribution in [0.2, 0.25) is 0 Å². The van der Waals surface area contributed by atoms with Gasteiger partial charge < -0.3 is 20.9 Å². The molecule has 0 aromatic rings. The summed E-state index contributed by atoms with van der Waals surface area (Å²) >= 11 is 0. The zero-order valence-corrected chi connectivity index (χ0v) is 5.39. The van der Waals surface area contributed by atoms with Crippen molar-refractivity contribution in [3.63, 3.8) is 0 Å². The van der Waals surface area contributed by atoms with Gasteiger partial charge in [0.15, 0.2) is 0 Å². The van der Waals surface area contributed by atoms with Gasteiger partial charge in [0.1, 0.15) is 0 Å². The third kappa shape index (κ3) is 332. The topological polar surface area (TPSA) is 103 Å². The summed E-state index contributed by atoms with van der Waals surface area (Å²) in [7, 11) is 0. The third-order valence-corrected chi connectivity index (χ3v) is 0. The van der Waals surface area contributed by atoms with Gasteiger partial charge in [-0.2, -0.15) is 0 Å². The number of carbonyl (C=O) groups is 1. The molecule has 0 fully saturated rings. The molecule has 0 aliphatic rings. The maximum Gasteiger partial charge on any atom is 1.00 e. The van der Waals surface area contributed by atoms with Crippen LogP contribution in [0.25, 0.3) is 0 Å². The van der Waals surface area contributed by atoms with Crippen molar-refractivity contribution in [2.24, 2.45) is 0 Å². The molecule has 0 rings (SSSR count). The fraction of sp³-hybridized carbons (Fsp3) is 0. The van der Waals surface area contributed by atoms with Crippen LogP contribution in [-0.2, 0) is 4.79 Å². The quantitative estimate of drug-likeness (QED) is 0.225. The van der Waals surface area contributed by atoms with E-state index in [1.54, 1.807) is 0 Å². The second kappa shape index (κ2) is 53.8. The fourth-order valence-corrected chi connectivity index (χ4v) is 0. The van der Waals surface area contributed by atoms with Gasteiger partial charge in [-0.3, -0.25) is 0 Å². The van der Waals surface area contributed by atoms with Crippen LogP contribution >= 0.6 is 0 Å². The van der Waals surface area contributed by atoms with E-state index in [4.69, 9.17) is 9.90 Å². The van der Waals surface area contributed by atoms with E-state index in [1.165, 1.54) is 0 Å². The van der Waals surface area contributed by atoms with Crippen molar-refractivity contribution < 1.29 is 50.4 Å². The summed E-state index contributed by atoms with van der Waals surface area (Å²) < 4.78 is 0. The summed E-state index contributed by atoms with van der Waals surface area (Å²) in [5.74, 6) is 0. The van der Waals surface area contributed by atoms with E-state index < -0.39 is 6.47 Å². The Kier molecular flexibility index (Phi) is 291. The monoisotopic (exact) mass is 104 g/mol. The maximum absolute atomic E-state index is 8.25. The van der Waals surface area contributed by atoms with Crippen LogP contribution in [0, 0.1) is 0 Å². The van der Waals surface area contributed by atoms with Gasteiger partial charge in [-0.1, -0.05) is 0 Å². The Balaban J connectivity index is -0.00000000667. The first kappa shape index (κ1) is 32.5. The molecule has 0 unspecified atom stereocenters. The summed E-state index contributed by atoms with van der Waals surface area (Å²) in [6.45, 7) is -0.500. The second-order valence-corrected chi connectivity index (χ2v) is 0.0962. The van der Waals surface area contributed by atoms with Gasteiger partial charge in [0.25, 0.3) is 0 Å². The predicted molar refractivity (Wildman–Crippen MR) is 13.3 cm³/mol. The Labute approximate surface area is 57.1 Å². The largest absolute Gasteiger partial charge is 1.00 e. The molecular weight excluding hydrogens is 99.0 g/mol. The van der Waals surface area contributed by atoms with Crippen LogP contribution < -0.4 is 34.7 Å². The molecule has 0 aromatic heterocycles. The van der Waals surface area contributed by atoms with Gasteiger partial charge in [-0.25, -0.2) is 0 Å². The molecule has 4 nitrogen and oxygen atoms in total. The second-order valence-electron chi connectivity index (χ2n) is 0.0962. The van der Waals surface area contributed by atoms with Crippen LogP contribution in [-0.4, -0.2) is 17.4 Å². The molecule has 0 radical (unpaired) electrons. The minimum absolute atomic E-state index is 0. The van der Waals surface area contributed by atoms with Gasteiger partial charge in [-0.15, -0.1) is 0 Å². The third-order valence-electron chi connectivity index (χ3n) is 0. The average Bonchev–Trinajstić information content (AvgIpc) is 0.918. The molecular formula is CH5NaO4. The molecule has 6 heavy (non-hydrogen) atoms. The van der Waals surface area contributed by atoms with Crippen LogP contribution in [0.5, 0.6) is 0 Å². The van der Waals surface area contributed by atoms with Crippen molar-refractivity contribution >= 4 is 6.47 Å². The Hall–Kier alpha value is 0.390. The van der Waals surface area contributed by atoms with E-state index >= 15 is 0 Å². The first-order chi connectivity index (χ1) is 1.41. The molecule has 0 saturated carbocycles. The van der Waals surface area contributed by atoms with Crippen molar-refractivity contribution in [2.75, 3.05) is 0 Å². The number of rotatable bonds is 0. The Morgan fingerprint density at radius 3 is 1.33 bits per heavy atom. The molecule has 0 atom stereocenters. The summed E-state index contributed by atoms with van der Waals surface area (Å²) in [4.78, 5) is 8.25. The van der Waals surface area contributed by atoms with E-state index in [2.05, 4.69) is 0 Å². The molecule has 0 spiro atoms. The molecule has 4 N–H and O–H groups in total. The number of hydrogen-bond donors (Lipinski definition) is 0. The molecule has 0 aromatic carbocycles. The molecule has 5 heteroatoms. The zero-order chi connectivity index (χ0) is 2.71. The van der Waals surface area contributed by atoms with E-state index in [0.717, 1.165) is 0 Å². The molecule has 0 bridgehead atoms. The molecule has 0 aliphatic heterocycles. The Morgan fingerprint density at radius 1 is 1.33 bits per heavy atom. The summed E-state index contributed by atoms with van der Waals surface area (Å²) in [6, 6.07) is 0. The van der Waals surface area contributed by atoms with E-state index in [-0.39, 0.29) is 40.5 Å². The SMILES string of the molecule is O.O.O=C[O-].[Na+]. The maximum atomic E-state index is 8.25. The van der Waals surface area contributed by atoms with E-state index in [0.29, 0.717) is 0 Å². The molecule has 0 saturated heterocycles. The molecule has 0 amide bonds. The summed E-state index contributed by atoms with van der Waals surface area (Å²) in [6.07, 6.45) is 0. The van der Waals surface area contributed by atoms with Gasteiger partial charge >= 0.3 is 29.6 Å². The van der Waals surface area contributed by atoms with E-state index in [1.807, 2.05) is 0 Å². The van der Waals surface area contributed by atoms with Crippen LogP contribution in [0.15, 0.2) is 0 Å². The van der Waals surface area contributed by atoms with Crippen LogP contribution in [0.3, 0.4) is 0 Å². The number of carbonyl (C=O) groups excluding carboxylic acids is 1. The number of carboxylic acid groups (broad SMARTS) is 1. The van der Waals surface area contributed by atoms with Gasteiger partial charge in [0.05, 0.1) is 0 Å². The molecule has 0 heterocycles. The van der Waals surface area contributed by atoms with Crippen molar-refractivity contribution in [3.8, 4) is 0 Å². The van der Waals surface area contributed by atoms with Gasteiger partial charge in [0, 0.05) is 6.47 Å². The summed E-state index contributed by atoms with van der Waals surface area (Å²) in [5, 5.41) is 8.25. The van der Waals surface area contributed by atoms with Gasteiger partial charge in [-0.05, 0) is 0 Å². The first-order valence-electron chi connectivity index (χ1n) is 0.471. The molecule has 0 aliphatic carbocycles. The zero-order valence-electron chi connectivity index (χ0n) is 3.39. The van der Waals surface area contributed by atoms with Crippen molar-refractivity contribution in [1.82, 2.24) is 0 Å². The number of hydrogen-bond acceptors (Lipinski definition) is 2. The summed E-state index contributed by atoms with van der Waals surface area (Å²) in [5.41, 5.74) is 0. The van der Waals surface area contributed by atoms with Crippen LogP contribution in [0.4, 0.5) is 0 Å². The smallest absolute Gasteiger partial charge is 0.554 e. The Morgan fingerprint density at radius 2 is 1.33 bits per heavy atom. The molecule has 34 valence electrons. The van der Waals surface area contributed by atoms with Crippen molar-refractivity contribution in [3.05, 3.63) is 0 Å². The fourth-order valence-electron chi connectivity index (χ4n) is 0. The Bertz CT molecular complexity index is 15.0. The normalized spacial score (nSPS) is 2.00. The van der Waals surface area contributed by atoms with Crippen molar-refractivity contribution in [2.45, 2.75) is 0 Å².